The first-order valence-corrected chi connectivity index (χ1v) is 6.33. The molecule has 1 saturated heterocycles. The zero-order valence-electron chi connectivity index (χ0n) is 10.7. The molecule has 98 valence electrons. The minimum atomic E-state index is -0.266. The highest BCUT2D eigenvalue weighted by Gasteiger charge is 2.23. The first-order chi connectivity index (χ1) is 8.65. The van der Waals surface area contributed by atoms with Gasteiger partial charge in [-0.1, -0.05) is 30.3 Å². The van der Waals surface area contributed by atoms with Gasteiger partial charge >= 0.3 is 0 Å². The highest BCUT2D eigenvalue weighted by Crippen LogP contribution is 2.09. The summed E-state index contributed by atoms with van der Waals surface area (Å²) in [6.45, 7) is 2.47. The number of nitrogens with zero attached hydrogens (tertiary/aromatic N) is 2. The molecule has 1 N–H and O–H groups in total. The number of likely N-dealkylation sites (N-methyl/N-ethyl adjacent to an activating group) is 1. The van der Waals surface area contributed by atoms with Gasteiger partial charge in [0.25, 0.3) is 0 Å². The van der Waals surface area contributed by atoms with Crippen LogP contribution in [0.15, 0.2) is 30.3 Å². The Morgan fingerprint density at radius 3 is 2.78 bits per heavy atom. The summed E-state index contributed by atoms with van der Waals surface area (Å²) in [5.41, 5.74) is 1.13. The third kappa shape index (κ3) is 3.55. The van der Waals surface area contributed by atoms with Crippen molar-refractivity contribution < 1.29 is 9.90 Å². The maximum absolute atomic E-state index is 12.0. The molecule has 0 bridgehead atoms. The lowest BCUT2D eigenvalue weighted by Crippen LogP contribution is -2.37. The summed E-state index contributed by atoms with van der Waals surface area (Å²) in [7, 11) is 1.82. The molecule has 4 heteroatoms. The van der Waals surface area contributed by atoms with E-state index in [4.69, 9.17) is 0 Å². The molecule has 1 aromatic carbocycles. The number of likely N-dealkylation sites (tertiary alicyclic amines) is 1. The zero-order chi connectivity index (χ0) is 13.0. The number of amides is 1. The van der Waals surface area contributed by atoms with E-state index in [-0.39, 0.29) is 12.0 Å². The number of benzene rings is 1. The number of β-amino-alcohol motifs (C(OH)–C–C–N with tert-alkyl or cyclic N) is 1. The molecule has 1 fully saturated rings. The molecular weight excluding hydrogens is 228 g/mol. The van der Waals surface area contributed by atoms with Crippen LogP contribution < -0.4 is 0 Å². The fraction of sp³-hybridized carbons (Fsp3) is 0.500. The van der Waals surface area contributed by atoms with Crippen LogP contribution in [0.4, 0.5) is 0 Å². The monoisotopic (exact) mass is 248 g/mol. The van der Waals surface area contributed by atoms with E-state index in [1.165, 1.54) is 0 Å². The molecule has 1 amide bonds. The Balaban J connectivity index is 1.82. The zero-order valence-corrected chi connectivity index (χ0v) is 10.7. The summed E-state index contributed by atoms with van der Waals surface area (Å²) in [4.78, 5) is 15.8. The number of aliphatic hydroxyl groups excluding tert-OH is 1. The van der Waals surface area contributed by atoms with Gasteiger partial charge in [0, 0.05) is 26.7 Å². The Bertz CT molecular complexity index is 394. The Hall–Kier alpha value is -1.39. The van der Waals surface area contributed by atoms with Crippen LogP contribution >= 0.6 is 0 Å². The average molecular weight is 248 g/mol. The van der Waals surface area contributed by atoms with Crippen LogP contribution in [0.1, 0.15) is 12.0 Å². The molecule has 0 spiro atoms. The van der Waals surface area contributed by atoms with Crippen LogP contribution in [0.2, 0.25) is 0 Å². The summed E-state index contributed by atoms with van der Waals surface area (Å²) in [5.74, 6) is 0.105. The normalized spacial score (nSPS) is 20.0. The van der Waals surface area contributed by atoms with E-state index in [9.17, 15) is 9.90 Å². The smallest absolute Gasteiger partial charge is 0.236 e. The summed E-state index contributed by atoms with van der Waals surface area (Å²) < 4.78 is 0. The van der Waals surface area contributed by atoms with Crippen LogP contribution in [0, 0.1) is 0 Å². The second-order valence-electron chi connectivity index (χ2n) is 4.91. The third-order valence-electron chi connectivity index (χ3n) is 3.29. The van der Waals surface area contributed by atoms with Gasteiger partial charge in [0.15, 0.2) is 0 Å². The Morgan fingerprint density at radius 2 is 2.17 bits per heavy atom. The predicted octanol–water partition coefficient (Wildman–Crippen LogP) is 0.712. The van der Waals surface area contributed by atoms with Crippen molar-refractivity contribution >= 4 is 5.91 Å². The van der Waals surface area contributed by atoms with Gasteiger partial charge in [0.05, 0.1) is 12.6 Å². The molecule has 0 radical (unpaired) electrons. The van der Waals surface area contributed by atoms with Crippen molar-refractivity contribution in [1.29, 1.82) is 0 Å². The summed E-state index contributed by atoms with van der Waals surface area (Å²) >= 11 is 0. The lowest BCUT2D eigenvalue weighted by molar-refractivity contribution is -0.131. The fourth-order valence-corrected chi connectivity index (χ4v) is 2.21. The highest BCUT2D eigenvalue weighted by atomic mass is 16.3. The van der Waals surface area contributed by atoms with E-state index >= 15 is 0 Å². The lowest BCUT2D eigenvalue weighted by Gasteiger charge is -2.21. The van der Waals surface area contributed by atoms with Gasteiger partial charge < -0.3 is 10.0 Å². The largest absolute Gasteiger partial charge is 0.392 e. The minimum absolute atomic E-state index is 0.105. The van der Waals surface area contributed by atoms with E-state index in [2.05, 4.69) is 0 Å². The fourth-order valence-electron chi connectivity index (χ4n) is 2.21. The molecule has 1 heterocycles. The first-order valence-electron chi connectivity index (χ1n) is 6.33. The minimum Gasteiger partial charge on any atom is -0.392 e. The second kappa shape index (κ2) is 5.98. The van der Waals surface area contributed by atoms with Crippen molar-refractivity contribution in [3.8, 4) is 0 Å². The molecule has 18 heavy (non-hydrogen) atoms. The lowest BCUT2D eigenvalue weighted by atomic mass is 10.2. The Morgan fingerprint density at radius 1 is 1.44 bits per heavy atom. The van der Waals surface area contributed by atoms with Gasteiger partial charge in [-0.15, -0.1) is 0 Å². The molecule has 4 nitrogen and oxygen atoms in total. The molecule has 1 aromatic rings. The Labute approximate surface area is 108 Å². The van der Waals surface area contributed by atoms with Crippen LogP contribution in [-0.4, -0.2) is 53.6 Å². The van der Waals surface area contributed by atoms with Gasteiger partial charge in [-0.2, -0.15) is 0 Å². The molecule has 0 unspecified atom stereocenters. The SMILES string of the molecule is CN(Cc1ccccc1)C(=O)CN1CC[C@@H](O)C1. The van der Waals surface area contributed by atoms with Crippen molar-refractivity contribution in [3.05, 3.63) is 35.9 Å². The van der Waals surface area contributed by atoms with Crippen LogP contribution in [-0.2, 0) is 11.3 Å². The quantitative estimate of drug-likeness (QED) is 0.853. The van der Waals surface area contributed by atoms with Crippen LogP contribution in [0.25, 0.3) is 0 Å². The average Bonchev–Trinajstić information content (AvgIpc) is 2.76. The van der Waals surface area contributed by atoms with Gasteiger partial charge in [0.2, 0.25) is 5.91 Å². The van der Waals surface area contributed by atoms with E-state index in [0.29, 0.717) is 19.6 Å². The van der Waals surface area contributed by atoms with Crippen molar-refractivity contribution in [2.75, 3.05) is 26.7 Å². The van der Waals surface area contributed by atoms with Gasteiger partial charge in [-0.3, -0.25) is 9.69 Å². The number of rotatable bonds is 4. The summed E-state index contributed by atoms with van der Waals surface area (Å²) in [6.07, 6.45) is 0.507. The van der Waals surface area contributed by atoms with Crippen molar-refractivity contribution in [2.24, 2.45) is 0 Å². The van der Waals surface area contributed by atoms with Gasteiger partial charge in [0.1, 0.15) is 0 Å². The number of hydrogen-bond acceptors (Lipinski definition) is 3. The predicted molar refractivity (Wildman–Crippen MR) is 70.0 cm³/mol. The molecule has 0 aliphatic carbocycles. The molecule has 1 atom stereocenters. The molecule has 1 aliphatic rings. The number of carbonyl (C=O) groups is 1. The third-order valence-corrected chi connectivity index (χ3v) is 3.29. The van der Waals surface area contributed by atoms with Crippen molar-refractivity contribution in [1.82, 2.24) is 9.80 Å². The topological polar surface area (TPSA) is 43.8 Å². The van der Waals surface area contributed by atoms with Crippen molar-refractivity contribution in [3.63, 3.8) is 0 Å². The maximum Gasteiger partial charge on any atom is 0.236 e. The maximum atomic E-state index is 12.0. The first kappa shape index (κ1) is 13.1. The highest BCUT2D eigenvalue weighted by molar-refractivity contribution is 5.78. The van der Waals surface area contributed by atoms with Crippen molar-refractivity contribution in [2.45, 2.75) is 19.1 Å². The van der Waals surface area contributed by atoms with E-state index in [0.717, 1.165) is 18.5 Å². The molecule has 1 aliphatic heterocycles. The molecule has 0 aromatic heterocycles. The van der Waals surface area contributed by atoms with Crippen LogP contribution in [0.5, 0.6) is 0 Å². The van der Waals surface area contributed by atoms with E-state index in [1.807, 2.05) is 42.3 Å². The summed E-state index contributed by atoms with van der Waals surface area (Å²) in [6, 6.07) is 9.96. The second-order valence-corrected chi connectivity index (χ2v) is 4.91. The molecule has 0 saturated carbocycles. The number of hydrogen-bond donors (Lipinski definition) is 1. The number of aliphatic hydroxyl groups is 1. The number of carbonyl (C=O) groups excluding carboxylic acids is 1. The van der Waals surface area contributed by atoms with Gasteiger partial charge in [-0.25, -0.2) is 0 Å². The van der Waals surface area contributed by atoms with E-state index in [1.54, 1.807) is 4.90 Å². The molecular formula is C14H20N2O2. The van der Waals surface area contributed by atoms with Gasteiger partial charge in [-0.05, 0) is 12.0 Å². The Kier molecular flexibility index (Phi) is 4.33. The molecule has 2 rings (SSSR count). The van der Waals surface area contributed by atoms with Crippen LogP contribution in [0.3, 0.4) is 0 Å². The van der Waals surface area contributed by atoms with E-state index < -0.39 is 0 Å². The summed E-state index contributed by atoms with van der Waals surface area (Å²) in [5, 5.41) is 9.42. The standard InChI is InChI=1S/C14H20N2O2/c1-15(9-12-5-3-2-4-6-12)14(18)11-16-8-7-13(17)10-16/h2-6,13,17H,7-11H2,1H3/t13-/m1/s1.